The molecule has 5 nitrogen and oxygen atoms in total. The summed E-state index contributed by atoms with van der Waals surface area (Å²) in [5, 5.41) is 1.68. The van der Waals surface area contributed by atoms with Crippen molar-refractivity contribution in [2.24, 2.45) is 0 Å². The minimum Gasteiger partial charge on any atom is -0.343 e. The van der Waals surface area contributed by atoms with Crippen molar-refractivity contribution in [2.75, 3.05) is 13.6 Å². The third-order valence-corrected chi connectivity index (χ3v) is 3.58. The number of halogens is 3. The van der Waals surface area contributed by atoms with E-state index in [0.717, 1.165) is 24.3 Å². The van der Waals surface area contributed by atoms with Crippen LogP contribution in [-0.2, 0) is 10.0 Å². The molecule has 0 aliphatic rings. The van der Waals surface area contributed by atoms with Crippen LogP contribution < -0.4 is 10.0 Å². The van der Waals surface area contributed by atoms with Gasteiger partial charge < -0.3 is 5.32 Å². The van der Waals surface area contributed by atoms with Crippen molar-refractivity contribution in [3.63, 3.8) is 0 Å². The van der Waals surface area contributed by atoms with Crippen LogP contribution in [0.2, 0.25) is 0 Å². The molecule has 0 radical (unpaired) electrons. The van der Waals surface area contributed by atoms with Crippen molar-refractivity contribution < 1.29 is 26.4 Å². The van der Waals surface area contributed by atoms with Gasteiger partial charge in [0, 0.05) is 5.56 Å². The number of carbonyl (C=O) groups excluding carboxylic acids is 1. The first-order valence-electron chi connectivity index (χ1n) is 5.04. The van der Waals surface area contributed by atoms with Crippen molar-refractivity contribution in [2.45, 2.75) is 11.1 Å². The van der Waals surface area contributed by atoms with E-state index in [1.807, 2.05) is 0 Å². The molecule has 0 aromatic heterocycles. The minimum absolute atomic E-state index is 0.0562. The van der Waals surface area contributed by atoms with Crippen molar-refractivity contribution in [1.82, 2.24) is 10.0 Å². The van der Waals surface area contributed by atoms with Crippen LogP contribution in [0.3, 0.4) is 0 Å². The fourth-order valence-electron chi connectivity index (χ4n) is 1.19. The number of benzene rings is 1. The molecule has 1 rings (SSSR count). The lowest BCUT2D eigenvalue weighted by atomic mass is 10.2. The highest BCUT2D eigenvalue weighted by molar-refractivity contribution is 7.89. The maximum atomic E-state index is 11.9. The largest absolute Gasteiger partial charge is 0.405 e. The summed E-state index contributed by atoms with van der Waals surface area (Å²) in [6.45, 7) is -1.44. The minimum atomic E-state index is -4.49. The molecule has 0 heterocycles. The number of hydrogen-bond acceptors (Lipinski definition) is 3. The third-order valence-electron chi connectivity index (χ3n) is 2.14. The standard InChI is InChI=1S/C10H11F3N2O3S/c1-14-19(17,18)8-4-2-7(3-5-8)9(16)15-6-10(11,12)13/h2-5,14H,6H2,1H3,(H,15,16). The molecule has 0 saturated carbocycles. The highest BCUT2D eigenvalue weighted by Gasteiger charge is 2.27. The van der Waals surface area contributed by atoms with Gasteiger partial charge in [0.1, 0.15) is 6.54 Å². The number of alkyl halides is 3. The van der Waals surface area contributed by atoms with E-state index in [1.54, 1.807) is 5.32 Å². The van der Waals surface area contributed by atoms with Crippen molar-refractivity contribution in [3.8, 4) is 0 Å². The molecule has 0 saturated heterocycles. The van der Waals surface area contributed by atoms with Gasteiger partial charge in [-0.25, -0.2) is 13.1 Å². The van der Waals surface area contributed by atoms with Crippen molar-refractivity contribution in [1.29, 1.82) is 0 Å². The zero-order valence-corrected chi connectivity index (χ0v) is 10.6. The Bertz CT molecular complexity index is 552. The van der Waals surface area contributed by atoms with Gasteiger partial charge in [0.2, 0.25) is 10.0 Å². The summed E-state index contributed by atoms with van der Waals surface area (Å²) in [7, 11) is -2.42. The average molecular weight is 296 g/mol. The van der Waals surface area contributed by atoms with Gasteiger partial charge >= 0.3 is 6.18 Å². The first-order chi connectivity index (χ1) is 8.65. The molecule has 0 unspecified atom stereocenters. The zero-order valence-electron chi connectivity index (χ0n) is 9.78. The molecule has 0 aliphatic carbocycles. The normalized spacial score (nSPS) is 12.2. The van der Waals surface area contributed by atoms with E-state index in [9.17, 15) is 26.4 Å². The molecular formula is C10H11F3N2O3S. The zero-order chi connectivity index (χ0) is 14.7. The van der Waals surface area contributed by atoms with Crippen molar-refractivity contribution in [3.05, 3.63) is 29.8 Å². The molecule has 0 aliphatic heterocycles. The summed E-state index contributed by atoms with van der Waals surface area (Å²) < 4.78 is 60.5. The Balaban J connectivity index is 2.80. The fraction of sp³-hybridized carbons (Fsp3) is 0.300. The molecule has 0 bridgehead atoms. The number of sulfonamides is 1. The summed E-state index contributed by atoms with van der Waals surface area (Å²) in [5.41, 5.74) is -0.0562. The van der Waals surface area contributed by atoms with Crippen LogP contribution in [0, 0.1) is 0 Å². The summed E-state index contributed by atoms with van der Waals surface area (Å²) in [6.07, 6.45) is -4.49. The SMILES string of the molecule is CNS(=O)(=O)c1ccc(C(=O)NCC(F)(F)F)cc1. The van der Waals surface area contributed by atoms with E-state index in [-0.39, 0.29) is 10.5 Å². The van der Waals surface area contributed by atoms with Crippen LogP contribution >= 0.6 is 0 Å². The van der Waals surface area contributed by atoms with Crippen LogP contribution in [-0.4, -0.2) is 34.1 Å². The van der Waals surface area contributed by atoms with Crippen LogP contribution in [0.5, 0.6) is 0 Å². The van der Waals surface area contributed by atoms with Gasteiger partial charge in [0.25, 0.3) is 5.91 Å². The Hall–Kier alpha value is -1.61. The quantitative estimate of drug-likeness (QED) is 0.866. The van der Waals surface area contributed by atoms with Gasteiger partial charge in [0.15, 0.2) is 0 Å². The lowest BCUT2D eigenvalue weighted by Crippen LogP contribution is -2.33. The van der Waals surface area contributed by atoms with Crippen molar-refractivity contribution >= 4 is 15.9 Å². The number of amides is 1. The van der Waals surface area contributed by atoms with Crippen LogP contribution in [0.25, 0.3) is 0 Å². The second-order valence-electron chi connectivity index (χ2n) is 3.53. The predicted molar refractivity (Wildman–Crippen MR) is 61.1 cm³/mol. The summed E-state index contributed by atoms with van der Waals surface area (Å²) in [4.78, 5) is 11.3. The molecule has 1 aromatic carbocycles. The second-order valence-corrected chi connectivity index (χ2v) is 5.42. The number of hydrogen-bond donors (Lipinski definition) is 2. The van der Waals surface area contributed by atoms with E-state index < -0.39 is 28.7 Å². The molecule has 1 amide bonds. The Kier molecular flexibility index (Phi) is 4.53. The molecular weight excluding hydrogens is 285 g/mol. The van der Waals surface area contributed by atoms with Gasteiger partial charge in [-0.2, -0.15) is 13.2 Å². The molecule has 0 atom stereocenters. The topological polar surface area (TPSA) is 75.3 Å². The lowest BCUT2D eigenvalue weighted by Gasteiger charge is -2.08. The van der Waals surface area contributed by atoms with E-state index >= 15 is 0 Å². The molecule has 9 heteroatoms. The highest BCUT2D eigenvalue weighted by Crippen LogP contribution is 2.13. The first kappa shape index (κ1) is 15.4. The third kappa shape index (κ3) is 4.52. The van der Waals surface area contributed by atoms with E-state index in [2.05, 4.69) is 4.72 Å². The van der Waals surface area contributed by atoms with E-state index in [0.29, 0.717) is 0 Å². The molecule has 0 spiro atoms. The van der Waals surface area contributed by atoms with Gasteiger partial charge in [-0.15, -0.1) is 0 Å². The monoisotopic (exact) mass is 296 g/mol. The number of nitrogens with one attached hydrogen (secondary N) is 2. The number of rotatable bonds is 4. The van der Waals surface area contributed by atoms with Crippen LogP contribution in [0.1, 0.15) is 10.4 Å². The Morgan fingerprint density at radius 2 is 1.74 bits per heavy atom. The maximum Gasteiger partial charge on any atom is 0.405 e. The number of carbonyl (C=O) groups is 1. The van der Waals surface area contributed by atoms with E-state index in [4.69, 9.17) is 0 Å². The first-order valence-corrected chi connectivity index (χ1v) is 6.52. The average Bonchev–Trinajstić information content (AvgIpc) is 2.35. The fourth-order valence-corrected chi connectivity index (χ4v) is 1.92. The lowest BCUT2D eigenvalue weighted by molar-refractivity contribution is -0.123. The molecule has 0 fully saturated rings. The van der Waals surface area contributed by atoms with Crippen LogP contribution in [0.15, 0.2) is 29.2 Å². The Morgan fingerprint density at radius 3 is 2.16 bits per heavy atom. The van der Waals surface area contributed by atoms with Crippen LogP contribution in [0.4, 0.5) is 13.2 Å². The summed E-state index contributed by atoms with van der Waals surface area (Å²) >= 11 is 0. The Labute approximate surface area is 107 Å². The predicted octanol–water partition coefficient (Wildman–Crippen LogP) is 0.887. The van der Waals surface area contributed by atoms with Gasteiger partial charge in [-0.3, -0.25) is 4.79 Å². The van der Waals surface area contributed by atoms with E-state index in [1.165, 1.54) is 7.05 Å². The second kappa shape index (κ2) is 5.57. The molecule has 2 N–H and O–H groups in total. The molecule has 1 aromatic rings. The highest BCUT2D eigenvalue weighted by atomic mass is 32.2. The van der Waals surface area contributed by atoms with Gasteiger partial charge in [0.05, 0.1) is 4.90 Å². The summed E-state index contributed by atoms with van der Waals surface area (Å²) in [6, 6.07) is 4.54. The summed E-state index contributed by atoms with van der Waals surface area (Å²) in [5.74, 6) is -0.925. The van der Waals surface area contributed by atoms with Gasteiger partial charge in [-0.1, -0.05) is 0 Å². The molecule has 19 heavy (non-hydrogen) atoms. The molecule has 106 valence electrons. The Morgan fingerprint density at radius 1 is 1.21 bits per heavy atom. The van der Waals surface area contributed by atoms with Gasteiger partial charge in [-0.05, 0) is 31.3 Å². The smallest absolute Gasteiger partial charge is 0.343 e. The maximum absolute atomic E-state index is 11.9.